The van der Waals surface area contributed by atoms with Crippen LogP contribution in [0.5, 0.6) is 0 Å². The Balaban J connectivity index is 2.37. The van der Waals surface area contributed by atoms with Gasteiger partial charge < -0.3 is 5.32 Å². The summed E-state index contributed by atoms with van der Waals surface area (Å²) < 4.78 is 38.6. The molecule has 4 nitrogen and oxygen atoms in total. The number of nitrogens with zero attached hydrogens (tertiary/aromatic N) is 1. The van der Waals surface area contributed by atoms with Gasteiger partial charge in [0.1, 0.15) is 10.7 Å². The van der Waals surface area contributed by atoms with Crippen molar-refractivity contribution >= 4 is 21.6 Å². The molecule has 1 saturated heterocycles. The largest absolute Gasteiger partial charge is 0.314 e. The number of nitrogens with one attached hydrogen (secondary N) is 1. The third kappa shape index (κ3) is 2.60. The molecule has 0 aliphatic carbocycles. The molecule has 1 aliphatic heterocycles. The van der Waals surface area contributed by atoms with Crippen molar-refractivity contribution in [2.24, 2.45) is 0 Å². The summed E-state index contributed by atoms with van der Waals surface area (Å²) in [5, 5.41) is 2.98. The summed E-state index contributed by atoms with van der Waals surface area (Å²) in [6.07, 6.45) is 0. The lowest BCUT2D eigenvalue weighted by atomic mass is 10.3. The number of piperazine rings is 1. The van der Waals surface area contributed by atoms with Gasteiger partial charge in [0, 0.05) is 26.2 Å². The van der Waals surface area contributed by atoms with Crippen LogP contribution in [0.25, 0.3) is 0 Å². The molecule has 2 rings (SSSR count). The molecule has 1 aromatic rings. The third-order valence-corrected chi connectivity index (χ3v) is 4.97. The summed E-state index contributed by atoms with van der Waals surface area (Å²) >= 11 is 5.77. The number of hydrogen-bond acceptors (Lipinski definition) is 3. The van der Waals surface area contributed by atoms with Gasteiger partial charge >= 0.3 is 0 Å². The van der Waals surface area contributed by atoms with Crippen molar-refractivity contribution in [3.8, 4) is 0 Å². The van der Waals surface area contributed by atoms with Crippen molar-refractivity contribution in [1.82, 2.24) is 9.62 Å². The molecule has 1 N–H and O–H groups in total. The molecule has 1 fully saturated rings. The predicted molar refractivity (Wildman–Crippen MR) is 63.0 cm³/mol. The van der Waals surface area contributed by atoms with E-state index in [-0.39, 0.29) is 9.92 Å². The molecule has 0 spiro atoms. The van der Waals surface area contributed by atoms with Gasteiger partial charge in [-0.05, 0) is 18.2 Å². The predicted octanol–water partition coefficient (Wildman–Crippen LogP) is 1.07. The minimum Gasteiger partial charge on any atom is -0.314 e. The van der Waals surface area contributed by atoms with E-state index in [0.29, 0.717) is 26.2 Å². The molecule has 0 bridgehead atoms. The second-order valence-electron chi connectivity index (χ2n) is 3.73. The molecule has 0 aromatic heterocycles. The fourth-order valence-corrected chi connectivity index (χ4v) is 3.65. The van der Waals surface area contributed by atoms with E-state index in [2.05, 4.69) is 5.32 Å². The van der Waals surface area contributed by atoms with Gasteiger partial charge in [-0.1, -0.05) is 11.6 Å². The zero-order valence-corrected chi connectivity index (χ0v) is 10.6. The summed E-state index contributed by atoms with van der Waals surface area (Å²) in [5.41, 5.74) is 0. The average Bonchev–Trinajstić information content (AvgIpc) is 2.29. The molecule has 0 saturated carbocycles. The van der Waals surface area contributed by atoms with Crippen LogP contribution in [-0.2, 0) is 10.0 Å². The molecule has 94 valence electrons. The standard InChI is InChI=1S/C10H12ClFN2O2S/c11-9-7-8(12)1-2-10(9)17(15,16)14-5-3-13-4-6-14/h1-2,7,13H,3-6H2. The van der Waals surface area contributed by atoms with Crippen molar-refractivity contribution in [2.75, 3.05) is 26.2 Å². The van der Waals surface area contributed by atoms with Crippen LogP contribution in [-0.4, -0.2) is 38.9 Å². The molecule has 0 amide bonds. The first-order chi connectivity index (χ1) is 8.01. The fourth-order valence-electron chi connectivity index (χ4n) is 1.71. The van der Waals surface area contributed by atoms with Gasteiger partial charge in [0.25, 0.3) is 0 Å². The number of hydrogen-bond donors (Lipinski definition) is 1. The number of halogens is 2. The fraction of sp³-hybridized carbons (Fsp3) is 0.400. The quantitative estimate of drug-likeness (QED) is 0.880. The van der Waals surface area contributed by atoms with Gasteiger partial charge in [-0.25, -0.2) is 12.8 Å². The Hall–Kier alpha value is -0.690. The Bertz CT molecular complexity index is 515. The lowest BCUT2D eigenvalue weighted by molar-refractivity contribution is 0.360. The zero-order valence-electron chi connectivity index (χ0n) is 8.99. The van der Waals surface area contributed by atoms with Crippen molar-refractivity contribution in [1.29, 1.82) is 0 Å². The first-order valence-electron chi connectivity index (χ1n) is 5.18. The Morgan fingerprint density at radius 1 is 1.29 bits per heavy atom. The Labute approximate surface area is 104 Å². The summed E-state index contributed by atoms with van der Waals surface area (Å²) in [6.45, 7) is 2.02. The first-order valence-corrected chi connectivity index (χ1v) is 6.99. The van der Waals surface area contributed by atoms with Crippen LogP contribution in [0.4, 0.5) is 4.39 Å². The highest BCUT2D eigenvalue weighted by Crippen LogP contribution is 2.25. The van der Waals surface area contributed by atoms with Gasteiger partial charge in [0.2, 0.25) is 10.0 Å². The van der Waals surface area contributed by atoms with E-state index in [4.69, 9.17) is 11.6 Å². The van der Waals surface area contributed by atoms with E-state index in [1.165, 1.54) is 10.4 Å². The van der Waals surface area contributed by atoms with E-state index in [0.717, 1.165) is 12.1 Å². The minimum atomic E-state index is -3.61. The molecule has 0 unspecified atom stereocenters. The van der Waals surface area contributed by atoms with E-state index < -0.39 is 15.8 Å². The third-order valence-electron chi connectivity index (χ3n) is 2.59. The number of sulfonamides is 1. The van der Waals surface area contributed by atoms with Gasteiger partial charge in [-0.15, -0.1) is 0 Å². The SMILES string of the molecule is O=S(=O)(c1ccc(F)cc1Cl)N1CCNCC1. The first kappa shape index (κ1) is 12.8. The smallest absolute Gasteiger partial charge is 0.244 e. The molecule has 0 radical (unpaired) electrons. The molecule has 1 aromatic carbocycles. The highest BCUT2D eigenvalue weighted by Gasteiger charge is 2.27. The van der Waals surface area contributed by atoms with Crippen molar-refractivity contribution in [2.45, 2.75) is 4.90 Å². The van der Waals surface area contributed by atoms with Crippen LogP contribution in [0.2, 0.25) is 5.02 Å². The van der Waals surface area contributed by atoms with Gasteiger partial charge in [-0.2, -0.15) is 4.31 Å². The molecular weight excluding hydrogens is 267 g/mol. The summed E-state index contributed by atoms with van der Waals surface area (Å²) in [5.74, 6) is -0.547. The second-order valence-corrected chi connectivity index (χ2v) is 6.04. The summed E-state index contributed by atoms with van der Waals surface area (Å²) in [7, 11) is -3.61. The Morgan fingerprint density at radius 3 is 2.53 bits per heavy atom. The highest BCUT2D eigenvalue weighted by molar-refractivity contribution is 7.89. The van der Waals surface area contributed by atoms with Gasteiger partial charge in [0.15, 0.2) is 0 Å². The van der Waals surface area contributed by atoms with Crippen LogP contribution in [0.1, 0.15) is 0 Å². The maximum atomic E-state index is 12.9. The Morgan fingerprint density at radius 2 is 1.94 bits per heavy atom. The molecule has 17 heavy (non-hydrogen) atoms. The topological polar surface area (TPSA) is 49.4 Å². The summed E-state index contributed by atoms with van der Waals surface area (Å²) in [6, 6.07) is 3.31. The van der Waals surface area contributed by atoms with Crippen molar-refractivity contribution < 1.29 is 12.8 Å². The normalized spacial score (nSPS) is 18.2. The van der Waals surface area contributed by atoms with Gasteiger partial charge in [0.05, 0.1) is 5.02 Å². The van der Waals surface area contributed by atoms with Crippen LogP contribution >= 0.6 is 11.6 Å². The summed E-state index contributed by atoms with van der Waals surface area (Å²) in [4.78, 5) is -0.0394. The van der Waals surface area contributed by atoms with Crippen molar-refractivity contribution in [3.63, 3.8) is 0 Å². The molecule has 1 heterocycles. The van der Waals surface area contributed by atoms with E-state index in [1.807, 2.05) is 0 Å². The second kappa shape index (κ2) is 4.89. The monoisotopic (exact) mass is 278 g/mol. The lowest BCUT2D eigenvalue weighted by Crippen LogP contribution is -2.46. The van der Waals surface area contributed by atoms with Crippen LogP contribution in [0, 0.1) is 5.82 Å². The van der Waals surface area contributed by atoms with E-state index >= 15 is 0 Å². The average molecular weight is 279 g/mol. The van der Waals surface area contributed by atoms with Crippen LogP contribution in [0.3, 0.4) is 0 Å². The maximum absolute atomic E-state index is 12.9. The zero-order chi connectivity index (χ0) is 12.5. The molecule has 7 heteroatoms. The van der Waals surface area contributed by atoms with Crippen LogP contribution in [0.15, 0.2) is 23.1 Å². The molecule has 0 atom stereocenters. The van der Waals surface area contributed by atoms with E-state index in [9.17, 15) is 12.8 Å². The van der Waals surface area contributed by atoms with Gasteiger partial charge in [-0.3, -0.25) is 0 Å². The number of benzene rings is 1. The molecule has 1 aliphatic rings. The lowest BCUT2D eigenvalue weighted by Gasteiger charge is -2.26. The number of rotatable bonds is 2. The van der Waals surface area contributed by atoms with E-state index in [1.54, 1.807) is 0 Å². The Kier molecular flexibility index (Phi) is 3.67. The van der Waals surface area contributed by atoms with Crippen molar-refractivity contribution in [3.05, 3.63) is 29.0 Å². The minimum absolute atomic E-state index is 0.0394. The molecular formula is C10H12ClFN2O2S. The maximum Gasteiger partial charge on any atom is 0.244 e. The highest BCUT2D eigenvalue weighted by atomic mass is 35.5. The van der Waals surface area contributed by atoms with Crippen LogP contribution < -0.4 is 5.32 Å².